The van der Waals surface area contributed by atoms with Gasteiger partial charge in [-0.25, -0.2) is 4.79 Å². The second-order valence-electron chi connectivity index (χ2n) is 7.63. The lowest BCUT2D eigenvalue weighted by molar-refractivity contribution is -0.151. The molecule has 0 aliphatic carbocycles. The van der Waals surface area contributed by atoms with Gasteiger partial charge in [0, 0.05) is 35.8 Å². The fourth-order valence-corrected chi connectivity index (χ4v) is 3.69. The van der Waals surface area contributed by atoms with Crippen LogP contribution in [0.25, 0.3) is 10.9 Å². The fraction of sp³-hybridized carbons (Fsp3) is 0.409. The highest BCUT2D eigenvalue weighted by molar-refractivity contribution is 9.10. The first-order chi connectivity index (χ1) is 15.1. The summed E-state index contributed by atoms with van der Waals surface area (Å²) in [4.78, 5) is 51.9. The third-order valence-corrected chi connectivity index (χ3v) is 5.32. The van der Waals surface area contributed by atoms with Gasteiger partial charge in [-0.3, -0.25) is 14.4 Å². The molecule has 1 aromatic heterocycles. The van der Waals surface area contributed by atoms with Crippen LogP contribution in [-0.2, 0) is 30.3 Å². The number of para-hydroxylation sites is 1. The Morgan fingerprint density at radius 3 is 2.53 bits per heavy atom. The largest absolute Gasteiger partial charge is 0.461 e. The van der Waals surface area contributed by atoms with Gasteiger partial charge in [0.1, 0.15) is 12.1 Å². The molecule has 1 heterocycles. The molecule has 2 amide bonds. The first kappa shape index (κ1) is 25.3. The average Bonchev–Trinajstić information content (AvgIpc) is 3.13. The van der Waals surface area contributed by atoms with Crippen molar-refractivity contribution in [3.63, 3.8) is 0 Å². The summed E-state index contributed by atoms with van der Waals surface area (Å²) in [5.74, 6) is -2.11. The van der Waals surface area contributed by atoms with E-state index in [0.29, 0.717) is 6.21 Å². The van der Waals surface area contributed by atoms with Gasteiger partial charge >= 0.3 is 5.97 Å². The number of Topliss-reactive ketones (excluding diaryl/α,β-unsaturated/α-hetero) is 1. The minimum atomic E-state index is -1.08. The molecular weight excluding hydrogens is 480 g/mol. The van der Waals surface area contributed by atoms with Crippen molar-refractivity contribution in [3.05, 3.63) is 34.4 Å². The molecule has 0 aliphatic rings. The topological polar surface area (TPSA) is 141 Å². The molecule has 0 fully saturated rings. The Balaban J connectivity index is 2.23. The van der Waals surface area contributed by atoms with E-state index >= 15 is 0 Å². The molecule has 0 bridgehead atoms. The van der Waals surface area contributed by atoms with Crippen LogP contribution in [-0.4, -0.2) is 53.0 Å². The number of aromatic amines is 1. The number of rotatable bonds is 11. The van der Waals surface area contributed by atoms with Crippen molar-refractivity contribution in [2.45, 2.75) is 58.2 Å². The first-order valence-corrected chi connectivity index (χ1v) is 11.0. The zero-order valence-electron chi connectivity index (χ0n) is 18.2. The lowest BCUT2D eigenvalue weighted by Crippen LogP contribution is -2.52. The Bertz CT molecular complexity index is 1020. The van der Waals surface area contributed by atoms with Crippen LogP contribution < -0.4 is 10.6 Å². The monoisotopic (exact) mass is 506 g/mol. The number of ether oxygens (including phenoxy) is 1. The smallest absolute Gasteiger partial charge is 0.328 e. The predicted molar refractivity (Wildman–Crippen MR) is 123 cm³/mol. The molecule has 0 aliphatic heterocycles. The minimum absolute atomic E-state index is 0.0155. The summed E-state index contributed by atoms with van der Waals surface area (Å²) in [6.45, 7) is 4.66. The number of aromatic nitrogens is 1. The van der Waals surface area contributed by atoms with E-state index in [9.17, 15) is 19.2 Å². The molecule has 2 rings (SSSR count). The van der Waals surface area contributed by atoms with Gasteiger partial charge in [0.05, 0.1) is 17.8 Å². The van der Waals surface area contributed by atoms with Gasteiger partial charge in [-0.05, 0) is 47.8 Å². The van der Waals surface area contributed by atoms with Gasteiger partial charge in [-0.2, -0.15) is 0 Å². The van der Waals surface area contributed by atoms with Crippen LogP contribution in [0.15, 0.2) is 28.9 Å². The summed E-state index contributed by atoms with van der Waals surface area (Å²) in [5.41, 5.74) is 1.68. The molecule has 2 aromatic rings. The van der Waals surface area contributed by atoms with Crippen LogP contribution >= 0.6 is 15.9 Å². The van der Waals surface area contributed by atoms with Crippen molar-refractivity contribution in [3.8, 4) is 0 Å². The van der Waals surface area contributed by atoms with E-state index in [1.807, 2.05) is 18.2 Å². The second kappa shape index (κ2) is 11.6. The van der Waals surface area contributed by atoms with Crippen LogP contribution in [0, 0.1) is 5.41 Å². The molecule has 0 spiro atoms. The van der Waals surface area contributed by atoms with E-state index < -0.39 is 41.8 Å². The summed E-state index contributed by atoms with van der Waals surface area (Å²) in [7, 11) is 0. The molecule has 10 heteroatoms. The number of benzene rings is 1. The van der Waals surface area contributed by atoms with Crippen LogP contribution in [0.5, 0.6) is 0 Å². The van der Waals surface area contributed by atoms with Gasteiger partial charge in [0.15, 0.2) is 5.78 Å². The molecular formula is C22H27BrN4O5. The lowest BCUT2D eigenvalue weighted by Gasteiger charge is -2.23. The molecule has 0 saturated heterocycles. The van der Waals surface area contributed by atoms with Crippen molar-refractivity contribution in [1.29, 1.82) is 5.41 Å². The number of ketones is 1. The SMILES string of the molecule is CC(=O)N[C@@H](Cc1c[nH]c2c(Br)cccc12)C(=O)N[C@@H](CCC(=O)C=N)C(=O)OC(C)C. The van der Waals surface area contributed by atoms with Crippen LogP contribution in [0.4, 0.5) is 0 Å². The van der Waals surface area contributed by atoms with E-state index in [4.69, 9.17) is 10.1 Å². The summed E-state index contributed by atoms with van der Waals surface area (Å²) < 4.78 is 6.07. The maximum Gasteiger partial charge on any atom is 0.328 e. The van der Waals surface area contributed by atoms with Crippen molar-refractivity contribution in [2.24, 2.45) is 0 Å². The number of H-pyrrole nitrogens is 1. The maximum absolute atomic E-state index is 13.0. The molecule has 4 N–H and O–H groups in total. The molecule has 9 nitrogen and oxygen atoms in total. The maximum atomic E-state index is 13.0. The standard InChI is InChI=1S/C22H27BrN4O5/c1-12(2)32-22(31)18(8-7-15(29)10-24)27-21(30)19(26-13(3)28)9-14-11-25-20-16(14)5-4-6-17(20)23/h4-6,10-12,18-19,24-25H,7-9H2,1-3H3,(H,26,28)(H,27,30)/t18-,19-/m0/s1. The van der Waals surface area contributed by atoms with Gasteiger partial charge in [-0.15, -0.1) is 0 Å². The highest BCUT2D eigenvalue weighted by atomic mass is 79.9. The summed E-state index contributed by atoms with van der Waals surface area (Å²) in [6, 6.07) is 3.64. The molecule has 32 heavy (non-hydrogen) atoms. The lowest BCUT2D eigenvalue weighted by atomic mass is 10.0. The molecule has 0 radical (unpaired) electrons. The molecule has 2 atom stereocenters. The number of halogens is 1. The number of fused-ring (bicyclic) bond motifs is 1. The van der Waals surface area contributed by atoms with Crippen molar-refractivity contribution < 1.29 is 23.9 Å². The summed E-state index contributed by atoms with van der Waals surface area (Å²) >= 11 is 3.47. The van der Waals surface area contributed by atoms with E-state index in [0.717, 1.165) is 20.9 Å². The Labute approximate surface area is 194 Å². The van der Waals surface area contributed by atoms with E-state index in [1.54, 1.807) is 20.0 Å². The number of hydrogen-bond donors (Lipinski definition) is 4. The Morgan fingerprint density at radius 2 is 1.91 bits per heavy atom. The van der Waals surface area contributed by atoms with E-state index in [2.05, 4.69) is 31.5 Å². The normalized spacial score (nSPS) is 12.8. The van der Waals surface area contributed by atoms with E-state index in [-0.39, 0.29) is 19.3 Å². The highest BCUT2D eigenvalue weighted by Gasteiger charge is 2.28. The second-order valence-corrected chi connectivity index (χ2v) is 8.48. The Kier molecular flexibility index (Phi) is 9.13. The number of nitrogens with one attached hydrogen (secondary N) is 4. The Hall–Kier alpha value is -3.01. The number of carbonyl (C=O) groups excluding carboxylic acids is 4. The number of hydrogen-bond acceptors (Lipinski definition) is 6. The Morgan fingerprint density at radius 1 is 1.19 bits per heavy atom. The fourth-order valence-electron chi connectivity index (χ4n) is 3.21. The van der Waals surface area contributed by atoms with Crippen LogP contribution in [0.2, 0.25) is 0 Å². The molecule has 1 aromatic carbocycles. The summed E-state index contributed by atoms with van der Waals surface area (Å²) in [5, 5.41) is 13.1. The van der Waals surface area contributed by atoms with Crippen LogP contribution in [0.1, 0.15) is 39.2 Å². The van der Waals surface area contributed by atoms with Gasteiger partial charge in [-0.1, -0.05) is 12.1 Å². The first-order valence-electron chi connectivity index (χ1n) is 10.2. The molecule has 0 saturated carbocycles. The number of esters is 1. The van der Waals surface area contributed by atoms with Gasteiger partial charge in [0.2, 0.25) is 11.8 Å². The van der Waals surface area contributed by atoms with Crippen molar-refractivity contribution >= 4 is 56.6 Å². The quantitative estimate of drug-likeness (QED) is 0.273. The number of amides is 2. The van der Waals surface area contributed by atoms with Crippen molar-refractivity contribution in [2.75, 3.05) is 0 Å². The minimum Gasteiger partial charge on any atom is -0.461 e. The third-order valence-electron chi connectivity index (χ3n) is 4.66. The highest BCUT2D eigenvalue weighted by Crippen LogP contribution is 2.26. The van der Waals surface area contributed by atoms with E-state index in [1.165, 1.54) is 6.92 Å². The van der Waals surface area contributed by atoms with Crippen molar-refractivity contribution in [1.82, 2.24) is 15.6 Å². The average molecular weight is 507 g/mol. The molecule has 172 valence electrons. The van der Waals surface area contributed by atoms with Gasteiger partial charge in [0.25, 0.3) is 0 Å². The van der Waals surface area contributed by atoms with Crippen LogP contribution in [0.3, 0.4) is 0 Å². The number of carbonyl (C=O) groups is 4. The van der Waals surface area contributed by atoms with Gasteiger partial charge < -0.3 is 25.8 Å². The predicted octanol–water partition coefficient (Wildman–Crippen LogP) is 2.41. The zero-order chi connectivity index (χ0) is 23.8. The third kappa shape index (κ3) is 7.01. The zero-order valence-corrected chi connectivity index (χ0v) is 19.7. The molecule has 0 unspecified atom stereocenters. The summed E-state index contributed by atoms with van der Waals surface area (Å²) in [6.07, 6.45) is 2.11.